The van der Waals surface area contributed by atoms with Crippen LogP contribution in [0.4, 0.5) is 5.69 Å². The van der Waals surface area contributed by atoms with Crippen molar-refractivity contribution in [3.63, 3.8) is 0 Å². The Labute approximate surface area is 206 Å². The van der Waals surface area contributed by atoms with Crippen molar-refractivity contribution >= 4 is 11.7 Å². The van der Waals surface area contributed by atoms with E-state index in [1.807, 2.05) is 6.07 Å². The predicted octanol–water partition coefficient (Wildman–Crippen LogP) is 5.10. The number of fused-ring (bicyclic) bond motifs is 3. The largest absolute Gasteiger partial charge is 0.457 e. The molecule has 1 saturated heterocycles. The van der Waals surface area contributed by atoms with Crippen LogP contribution in [0.15, 0.2) is 48.5 Å². The number of nitrogens with zero attached hydrogens (tertiary/aromatic N) is 1. The molecule has 1 N–H and O–H groups in total. The Morgan fingerprint density at radius 3 is 2.77 bits per heavy atom. The van der Waals surface area contributed by atoms with Crippen LogP contribution in [0.5, 0.6) is 0 Å². The molecule has 0 aromatic heterocycles. The van der Waals surface area contributed by atoms with Crippen molar-refractivity contribution < 1.29 is 14.3 Å². The molecule has 0 bridgehead atoms. The van der Waals surface area contributed by atoms with Crippen LogP contribution in [0.3, 0.4) is 0 Å². The van der Waals surface area contributed by atoms with E-state index in [1.165, 1.54) is 57.5 Å². The fraction of sp³-hybridized carbons (Fsp3) is 0.367. The Morgan fingerprint density at radius 2 is 1.89 bits per heavy atom. The number of nitrogens with one attached hydrogen (secondary N) is 1. The number of rotatable bonds is 3. The van der Waals surface area contributed by atoms with Crippen molar-refractivity contribution in [3.8, 4) is 11.1 Å². The Morgan fingerprint density at radius 1 is 0.971 bits per heavy atom. The molecule has 0 radical (unpaired) electrons. The van der Waals surface area contributed by atoms with Gasteiger partial charge in [0.1, 0.15) is 6.61 Å². The molecule has 0 aliphatic carbocycles. The van der Waals surface area contributed by atoms with Gasteiger partial charge in [-0.05, 0) is 89.0 Å². The van der Waals surface area contributed by atoms with E-state index < -0.39 is 0 Å². The normalized spacial score (nSPS) is 22.7. The molecule has 5 nitrogen and oxygen atoms in total. The van der Waals surface area contributed by atoms with Gasteiger partial charge >= 0.3 is 5.97 Å². The Kier molecular flexibility index (Phi) is 4.97. The molecule has 0 amide bonds. The lowest BCUT2D eigenvalue weighted by atomic mass is 9.86. The molecule has 35 heavy (non-hydrogen) atoms. The van der Waals surface area contributed by atoms with Gasteiger partial charge in [-0.2, -0.15) is 0 Å². The highest BCUT2D eigenvalue weighted by atomic mass is 16.5. The Hall–Kier alpha value is -3.15. The highest BCUT2D eigenvalue weighted by molar-refractivity contribution is 5.93. The number of hydrogen-bond donors (Lipinski definition) is 1. The van der Waals surface area contributed by atoms with Crippen molar-refractivity contribution in [1.82, 2.24) is 5.32 Å². The molecule has 5 heteroatoms. The molecule has 4 aliphatic heterocycles. The van der Waals surface area contributed by atoms with Gasteiger partial charge in [0.25, 0.3) is 0 Å². The van der Waals surface area contributed by atoms with Gasteiger partial charge in [-0.25, -0.2) is 4.79 Å². The Bertz CT molecular complexity index is 1340. The predicted molar refractivity (Wildman–Crippen MR) is 136 cm³/mol. The quantitative estimate of drug-likeness (QED) is 0.544. The fourth-order valence-corrected chi connectivity index (χ4v) is 6.40. The number of cyclic esters (lactones) is 1. The zero-order valence-electron chi connectivity index (χ0n) is 20.1. The first kappa shape index (κ1) is 21.2. The van der Waals surface area contributed by atoms with Gasteiger partial charge in [-0.1, -0.05) is 24.3 Å². The van der Waals surface area contributed by atoms with Crippen LogP contribution in [0.25, 0.3) is 11.1 Å². The number of esters is 1. The van der Waals surface area contributed by atoms with E-state index in [2.05, 4.69) is 59.7 Å². The first-order valence-electron chi connectivity index (χ1n) is 12.8. The number of likely N-dealkylation sites (N-methyl/N-ethyl adjacent to an activating group) is 1. The number of benzene rings is 3. The molecule has 4 heterocycles. The van der Waals surface area contributed by atoms with Gasteiger partial charge in [-0.15, -0.1) is 0 Å². The second kappa shape index (κ2) is 8.21. The minimum Gasteiger partial charge on any atom is -0.457 e. The lowest BCUT2D eigenvalue weighted by Crippen LogP contribution is -2.19. The smallest absolute Gasteiger partial charge is 0.338 e. The lowest BCUT2D eigenvalue weighted by molar-refractivity contribution is 0.0535. The zero-order valence-corrected chi connectivity index (χ0v) is 20.1. The molecular formula is C30H30N2O3. The lowest BCUT2D eigenvalue weighted by Gasteiger charge is -2.25. The second-order valence-electron chi connectivity index (χ2n) is 10.4. The number of carbonyl (C=O) groups is 1. The van der Waals surface area contributed by atoms with Crippen LogP contribution in [0, 0.1) is 0 Å². The van der Waals surface area contributed by atoms with Crippen LogP contribution in [-0.2, 0) is 29.1 Å². The van der Waals surface area contributed by atoms with E-state index in [-0.39, 0.29) is 11.9 Å². The topological polar surface area (TPSA) is 50.8 Å². The van der Waals surface area contributed by atoms with Crippen LogP contribution in [0.1, 0.15) is 68.5 Å². The zero-order chi connectivity index (χ0) is 23.5. The summed E-state index contributed by atoms with van der Waals surface area (Å²) in [5, 5.41) is 3.70. The van der Waals surface area contributed by atoms with Crippen molar-refractivity contribution in [1.29, 1.82) is 0 Å². The molecule has 7 rings (SSSR count). The molecular weight excluding hydrogens is 436 g/mol. The first-order valence-corrected chi connectivity index (χ1v) is 12.8. The van der Waals surface area contributed by atoms with Crippen LogP contribution in [0.2, 0.25) is 0 Å². The number of hydrogen-bond acceptors (Lipinski definition) is 5. The van der Waals surface area contributed by atoms with Crippen molar-refractivity contribution in [3.05, 3.63) is 87.5 Å². The molecule has 2 atom stereocenters. The summed E-state index contributed by atoms with van der Waals surface area (Å²) in [7, 11) is 2.16. The van der Waals surface area contributed by atoms with Crippen molar-refractivity contribution in [2.24, 2.45) is 0 Å². The maximum Gasteiger partial charge on any atom is 0.338 e. The molecule has 3 aromatic rings. The van der Waals surface area contributed by atoms with Gasteiger partial charge in [0.05, 0.1) is 18.8 Å². The third-order valence-corrected chi connectivity index (χ3v) is 8.29. The monoisotopic (exact) mass is 466 g/mol. The van der Waals surface area contributed by atoms with Crippen molar-refractivity contribution in [2.45, 2.75) is 44.4 Å². The molecule has 0 saturated carbocycles. The summed E-state index contributed by atoms with van der Waals surface area (Å²) in [6, 6.07) is 18.4. The average molecular weight is 467 g/mol. The molecule has 4 aliphatic rings. The van der Waals surface area contributed by atoms with E-state index in [4.69, 9.17) is 9.47 Å². The molecule has 1 unspecified atom stereocenters. The van der Waals surface area contributed by atoms with Gasteiger partial charge in [0.2, 0.25) is 0 Å². The van der Waals surface area contributed by atoms with E-state index in [9.17, 15) is 4.79 Å². The first-order chi connectivity index (χ1) is 17.2. The van der Waals surface area contributed by atoms with Crippen molar-refractivity contribution in [2.75, 3.05) is 31.6 Å². The molecule has 178 valence electrons. The standard InChI is InChI=1S/C30H30N2O3/c1-32-15-26(19-4-5-21-16-35-30(33)23(21)13-19)25-12-18(6-7-29(25)32)22-11-20-8-10-34-17-27(20)24(14-22)28-3-2-9-31-28/h4-7,11-14,26,28,31H,2-3,8-10,15-17H2,1H3/t26?,28-/m0/s1. The molecule has 3 aromatic carbocycles. The third kappa shape index (κ3) is 3.48. The van der Waals surface area contributed by atoms with Gasteiger partial charge < -0.3 is 19.7 Å². The molecule has 0 spiro atoms. The summed E-state index contributed by atoms with van der Waals surface area (Å²) in [4.78, 5) is 14.5. The minimum absolute atomic E-state index is 0.201. The van der Waals surface area contributed by atoms with E-state index in [1.54, 1.807) is 0 Å². The van der Waals surface area contributed by atoms with E-state index >= 15 is 0 Å². The SMILES string of the molecule is CN1CC(c2ccc3c(c2)C(=O)OC3)c2cc(-c3cc4c(c([C@@H]5CCCN5)c3)COCC4)ccc21. The highest BCUT2D eigenvalue weighted by Gasteiger charge is 2.31. The maximum absolute atomic E-state index is 12.2. The summed E-state index contributed by atoms with van der Waals surface area (Å²) < 4.78 is 11.1. The maximum atomic E-state index is 12.2. The summed E-state index contributed by atoms with van der Waals surface area (Å²) in [6.45, 7) is 3.91. The highest BCUT2D eigenvalue weighted by Crippen LogP contribution is 2.43. The summed E-state index contributed by atoms with van der Waals surface area (Å²) in [5.41, 5.74) is 12.3. The Balaban J connectivity index is 1.31. The van der Waals surface area contributed by atoms with Gasteiger partial charge in [0.15, 0.2) is 0 Å². The number of anilines is 1. The third-order valence-electron chi connectivity index (χ3n) is 8.29. The van der Waals surface area contributed by atoms with E-state index in [0.717, 1.165) is 43.9 Å². The number of ether oxygens (including phenoxy) is 2. The minimum atomic E-state index is -0.201. The van der Waals surface area contributed by atoms with Crippen LogP contribution in [-0.4, -0.2) is 32.7 Å². The average Bonchev–Trinajstić information content (AvgIpc) is 3.63. The summed E-state index contributed by atoms with van der Waals surface area (Å²) >= 11 is 0. The van der Waals surface area contributed by atoms with Gasteiger partial charge in [-0.3, -0.25) is 0 Å². The number of carbonyl (C=O) groups excluding carboxylic acids is 1. The summed E-state index contributed by atoms with van der Waals surface area (Å²) in [5.74, 6) is 0.0314. The molecule has 1 fully saturated rings. The summed E-state index contributed by atoms with van der Waals surface area (Å²) in [6.07, 6.45) is 3.39. The van der Waals surface area contributed by atoms with Gasteiger partial charge in [0, 0.05) is 36.8 Å². The van der Waals surface area contributed by atoms with E-state index in [0.29, 0.717) is 12.6 Å². The fourth-order valence-electron chi connectivity index (χ4n) is 6.40. The van der Waals surface area contributed by atoms with Crippen LogP contribution >= 0.6 is 0 Å². The van der Waals surface area contributed by atoms with Crippen LogP contribution < -0.4 is 10.2 Å². The second-order valence-corrected chi connectivity index (χ2v) is 10.4.